The first-order chi connectivity index (χ1) is 9.71. The molecule has 0 amide bonds. The van der Waals surface area contributed by atoms with Gasteiger partial charge < -0.3 is 9.84 Å². The van der Waals surface area contributed by atoms with Crippen molar-refractivity contribution >= 4 is 0 Å². The maximum atomic E-state index is 10.9. The Bertz CT molecular complexity index is 439. The minimum atomic E-state index is -0.734. The average molecular weight is 278 g/mol. The van der Waals surface area contributed by atoms with E-state index in [4.69, 9.17) is 9.84 Å². The monoisotopic (exact) mass is 278 g/mol. The molecule has 0 spiro atoms. The largest absolute Gasteiger partial charge is 0.387 e. The predicted octanol–water partition coefficient (Wildman–Crippen LogP) is 2.86. The van der Waals surface area contributed by atoms with E-state index in [0.29, 0.717) is 12.5 Å². The molecular formula is C16H26N2O2. The third-order valence-corrected chi connectivity index (χ3v) is 5.06. The summed E-state index contributed by atoms with van der Waals surface area (Å²) in [5.41, 5.74) is 0.269. The van der Waals surface area contributed by atoms with E-state index in [1.54, 1.807) is 7.11 Å². The van der Waals surface area contributed by atoms with E-state index < -0.39 is 5.60 Å². The lowest BCUT2D eigenvalue weighted by atomic mass is 9.79. The molecule has 2 unspecified atom stereocenters. The molecule has 0 bridgehead atoms. The van der Waals surface area contributed by atoms with Gasteiger partial charge in [0, 0.05) is 19.7 Å². The van der Waals surface area contributed by atoms with E-state index in [1.807, 2.05) is 0 Å². The van der Waals surface area contributed by atoms with Crippen molar-refractivity contribution in [2.45, 2.75) is 75.5 Å². The van der Waals surface area contributed by atoms with Gasteiger partial charge in [-0.2, -0.15) is 5.10 Å². The highest BCUT2D eigenvalue weighted by Gasteiger charge is 2.39. The molecule has 112 valence electrons. The Hall–Kier alpha value is -0.870. The SMILES string of the molecule is COC1CCCCC1(O)Cc1ccn(C2CCCC2)n1. The molecule has 1 heterocycles. The van der Waals surface area contributed by atoms with Crippen LogP contribution in [0.15, 0.2) is 12.3 Å². The lowest BCUT2D eigenvalue weighted by Crippen LogP contribution is -2.47. The molecular weight excluding hydrogens is 252 g/mol. The van der Waals surface area contributed by atoms with Gasteiger partial charge in [-0.3, -0.25) is 4.68 Å². The second kappa shape index (κ2) is 5.86. The molecule has 1 N–H and O–H groups in total. The van der Waals surface area contributed by atoms with Crippen LogP contribution in [-0.4, -0.2) is 33.7 Å². The minimum Gasteiger partial charge on any atom is -0.387 e. The molecule has 2 saturated carbocycles. The second-order valence-corrected chi connectivity index (χ2v) is 6.48. The summed E-state index contributed by atoms with van der Waals surface area (Å²) in [6.45, 7) is 0. The van der Waals surface area contributed by atoms with Crippen molar-refractivity contribution in [2.24, 2.45) is 0 Å². The Morgan fingerprint density at radius 1 is 1.30 bits per heavy atom. The predicted molar refractivity (Wildman–Crippen MR) is 77.7 cm³/mol. The number of methoxy groups -OCH3 is 1. The highest BCUT2D eigenvalue weighted by atomic mass is 16.5. The molecule has 0 saturated heterocycles. The number of nitrogens with zero attached hydrogens (tertiary/aromatic N) is 2. The summed E-state index contributed by atoms with van der Waals surface area (Å²) in [5.74, 6) is 0. The number of aliphatic hydroxyl groups is 1. The van der Waals surface area contributed by atoms with Crippen LogP contribution in [0.4, 0.5) is 0 Å². The zero-order chi connectivity index (χ0) is 14.0. The first-order valence-electron chi connectivity index (χ1n) is 8.00. The van der Waals surface area contributed by atoms with Crippen LogP contribution >= 0.6 is 0 Å². The van der Waals surface area contributed by atoms with Crippen LogP contribution in [0.25, 0.3) is 0 Å². The maximum Gasteiger partial charge on any atom is 0.0963 e. The lowest BCUT2D eigenvalue weighted by molar-refractivity contribution is -0.116. The van der Waals surface area contributed by atoms with Crippen LogP contribution in [0, 0.1) is 0 Å². The molecule has 2 aliphatic carbocycles. The standard InChI is InChI=1S/C16H26N2O2/c1-20-15-8-4-5-10-16(15,19)12-13-9-11-18(17-13)14-6-2-3-7-14/h9,11,14-15,19H,2-8,10,12H2,1H3. The number of aromatic nitrogens is 2. The Labute approximate surface area is 121 Å². The first-order valence-corrected chi connectivity index (χ1v) is 8.00. The fourth-order valence-corrected chi connectivity index (χ4v) is 3.89. The molecule has 2 aliphatic rings. The Morgan fingerprint density at radius 2 is 2.05 bits per heavy atom. The van der Waals surface area contributed by atoms with E-state index in [0.717, 1.165) is 31.4 Å². The average Bonchev–Trinajstić information content (AvgIpc) is 3.09. The minimum absolute atomic E-state index is 0.0483. The van der Waals surface area contributed by atoms with Crippen LogP contribution < -0.4 is 0 Å². The van der Waals surface area contributed by atoms with Gasteiger partial charge in [-0.25, -0.2) is 0 Å². The number of hydrogen-bond acceptors (Lipinski definition) is 3. The Morgan fingerprint density at radius 3 is 2.80 bits per heavy atom. The summed E-state index contributed by atoms with van der Waals surface area (Å²) in [6.07, 6.45) is 11.8. The van der Waals surface area contributed by atoms with Gasteiger partial charge in [0.05, 0.1) is 23.4 Å². The smallest absolute Gasteiger partial charge is 0.0963 e. The third kappa shape index (κ3) is 2.77. The van der Waals surface area contributed by atoms with Crippen molar-refractivity contribution in [2.75, 3.05) is 7.11 Å². The molecule has 4 heteroatoms. The first kappa shape index (κ1) is 14.1. The van der Waals surface area contributed by atoms with E-state index in [1.165, 1.54) is 25.7 Å². The van der Waals surface area contributed by atoms with E-state index in [-0.39, 0.29) is 6.10 Å². The highest BCUT2D eigenvalue weighted by Crippen LogP contribution is 2.34. The molecule has 20 heavy (non-hydrogen) atoms. The van der Waals surface area contributed by atoms with E-state index >= 15 is 0 Å². The summed E-state index contributed by atoms with van der Waals surface area (Å²) in [6, 6.07) is 2.64. The van der Waals surface area contributed by atoms with Gasteiger partial charge in [-0.05, 0) is 31.7 Å². The molecule has 1 aromatic rings. The Balaban J connectivity index is 1.70. The summed E-state index contributed by atoms with van der Waals surface area (Å²) in [7, 11) is 1.71. The van der Waals surface area contributed by atoms with Crippen LogP contribution in [0.3, 0.4) is 0 Å². The summed E-state index contributed by atoms with van der Waals surface area (Å²) in [5, 5.41) is 15.6. The molecule has 3 rings (SSSR count). The van der Waals surface area contributed by atoms with Gasteiger partial charge in [0.25, 0.3) is 0 Å². The van der Waals surface area contributed by atoms with Crippen molar-refractivity contribution in [3.63, 3.8) is 0 Å². The Kier molecular flexibility index (Phi) is 4.13. The lowest BCUT2D eigenvalue weighted by Gasteiger charge is -2.38. The third-order valence-electron chi connectivity index (χ3n) is 5.06. The maximum absolute atomic E-state index is 10.9. The van der Waals surface area contributed by atoms with Gasteiger partial charge in [-0.1, -0.05) is 25.7 Å². The van der Waals surface area contributed by atoms with Gasteiger partial charge in [0.2, 0.25) is 0 Å². The van der Waals surface area contributed by atoms with Crippen molar-refractivity contribution in [3.8, 4) is 0 Å². The van der Waals surface area contributed by atoms with Gasteiger partial charge in [0.15, 0.2) is 0 Å². The van der Waals surface area contributed by atoms with E-state index in [2.05, 4.69) is 16.9 Å². The van der Waals surface area contributed by atoms with Gasteiger partial charge >= 0.3 is 0 Å². The van der Waals surface area contributed by atoms with Crippen LogP contribution in [0.5, 0.6) is 0 Å². The quantitative estimate of drug-likeness (QED) is 0.921. The fraction of sp³-hybridized carbons (Fsp3) is 0.812. The number of hydrogen-bond donors (Lipinski definition) is 1. The molecule has 2 fully saturated rings. The highest BCUT2D eigenvalue weighted by molar-refractivity contribution is 5.07. The van der Waals surface area contributed by atoms with Crippen molar-refractivity contribution < 1.29 is 9.84 Å². The van der Waals surface area contributed by atoms with Crippen LogP contribution in [0.2, 0.25) is 0 Å². The van der Waals surface area contributed by atoms with Gasteiger partial charge in [-0.15, -0.1) is 0 Å². The zero-order valence-electron chi connectivity index (χ0n) is 12.4. The molecule has 2 atom stereocenters. The van der Waals surface area contributed by atoms with Crippen molar-refractivity contribution in [3.05, 3.63) is 18.0 Å². The molecule has 0 aromatic carbocycles. The number of rotatable bonds is 4. The van der Waals surface area contributed by atoms with Gasteiger partial charge in [0.1, 0.15) is 0 Å². The molecule has 0 radical (unpaired) electrons. The number of ether oxygens (including phenoxy) is 1. The molecule has 4 nitrogen and oxygen atoms in total. The van der Waals surface area contributed by atoms with Crippen LogP contribution in [0.1, 0.15) is 63.1 Å². The fourth-order valence-electron chi connectivity index (χ4n) is 3.89. The summed E-state index contributed by atoms with van der Waals surface area (Å²) >= 11 is 0. The summed E-state index contributed by atoms with van der Waals surface area (Å²) in [4.78, 5) is 0. The normalized spacial score (nSPS) is 31.8. The van der Waals surface area contributed by atoms with Crippen molar-refractivity contribution in [1.29, 1.82) is 0 Å². The van der Waals surface area contributed by atoms with Crippen LogP contribution in [-0.2, 0) is 11.2 Å². The van der Waals surface area contributed by atoms with Crippen molar-refractivity contribution in [1.82, 2.24) is 9.78 Å². The summed E-state index contributed by atoms with van der Waals surface area (Å²) < 4.78 is 7.61. The molecule has 1 aromatic heterocycles. The topological polar surface area (TPSA) is 47.3 Å². The second-order valence-electron chi connectivity index (χ2n) is 6.48. The molecule has 0 aliphatic heterocycles. The van der Waals surface area contributed by atoms with E-state index in [9.17, 15) is 5.11 Å². The zero-order valence-corrected chi connectivity index (χ0v) is 12.4.